The maximum absolute atomic E-state index is 11.0. The number of benzene rings is 1. The van der Waals surface area contributed by atoms with Crippen molar-refractivity contribution in [3.05, 3.63) is 58.4 Å². The van der Waals surface area contributed by atoms with Crippen LogP contribution in [0.4, 0.5) is 11.4 Å². The molecule has 8 heteroatoms. The predicted octanol–water partition coefficient (Wildman–Crippen LogP) is 3.58. The second-order valence-corrected chi connectivity index (χ2v) is 6.56. The lowest BCUT2D eigenvalue weighted by molar-refractivity contribution is -0.384. The average molecular weight is 362 g/mol. The molecule has 1 heterocycles. The predicted molar refractivity (Wildman–Crippen MR) is 99.6 cm³/mol. The molecule has 0 fully saturated rings. The Kier molecular flexibility index (Phi) is 7.65. The van der Waals surface area contributed by atoms with E-state index in [1.807, 2.05) is 38.2 Å². The second kappa shape index (κ2) is 9.97. The van der Waals surface area contributed by atoms with Gasteiger partial charge >= 0.3 is 5.69 Å². The molecule has 0 saturated carbocycles. The topological polar surface area (TPSA) is 80.5 Å². The van der Waals surface area contributed by atoms with Gasteiger partial charge in [-0.25, -0.2) is 4.31 Å². The minimum Gasteiger partial charge on any atom is -0.380 e. The van der Waals surface area contributed by atoms with Crippen LogP contribution in [0.25, 0.3) is 0 Å². The molecule has 0 saturated heterocycles. The van der Waals surface area contributed by atoms with Gasteiger partial charge in [0.2, 0.25) is 0 Å². The van der Waals surface area contributed by atoms with Crippen molar-refractivity contribution in [1.29, 1.82) is 0 Å². The molecule has 25 heavy (non-hydrogen) atoms. The van der Waals surface area contributed by atoms with E-state index >= 15 is 0 Å². The Morgan fingerprint density at radius 3 is 2.76 bits per heavy atom. The summed E-state index contributed by atoms with van der Waals surface area (Å²) in [6.07, 6.45) is 2.79. The zero-order valence-corrected chi connectivity index (χ0v) is 15.2. The summed E-state index contributed by atoms with van der Waals surface area (Å²) >= 11 is 1.66. The molecule has 134 valence electrons. The molecule has 0 bridgehead atoms. The number of nitrogens with zero attached hydrogens (tertiary/aromatic N) is 3. The Morgan fingerprint density at radius 1 is 1.32 bits per heavy atom. The lowest BCUT2D eigenvalue weighted by atomic mass is 10.2. The van der Waals surface area contributed by atoms with Crippen LogP contribution in [0.1, 0.15) is 12.5 Å². The molecule has 0 aliphatic carbocycles. The van der Waals surface area contributed by atoms with Crippen molar-refractivity contribution in [2.24, 2.45) is 0 Å². The van der Waals surface area contributed by atoms with Crippen molar-refractivity contribution in [2.45, 2.75) is 18.4 Å². The SMILES string of the molecule is CCOCCN(C)Sc1ccc(CNc2ccncc2[N+](=O)[O-])cc1. The molecule has 2 rings (SSSR count). The standard InChI is InChI=1S/C17H22N4O3S/c1-3-24-11-10-20(2)25-15-6-4-14(5-7-15)12-19-16-8-9-18-13-17(16)21(22)23/h4-9,13H,3,10-12H2,1-2H3,(H,18,19). The number of anilines is 1. The third-order valence-corrected chi connectivity index (χ3v) is 4.40. The van der Waals surface area contributed by atoms with Gasteiger partial charge in [-0.3, -0.25) is 15.1 Å². The van der Waals surface area contributed by atoms with Crippen LogP contribution in [0.5, 0.6) is 0 Å². The summed E-state index contributed by atoms with van der Waals surface area (Å²) in [6, 6.07) is 9.72. The number of hydrogen-bond acceptors (Lipinski definition) is 7. The van der Waals surface area contributed by atoms with E-state index in [9.17, 15) is 10.1 Å². The van der Waals surface area contributed by atoms with Crippen molar-refractivity contribution in [2.75, 3.05) is 32.1 Å². The first-order valence-electron chi connectivity index (χ1n) is 7.98. The highest BCUT2D eigenvalue weighted by Gasteiger charge is 2.12. The van der Waals surface area contributed by atoms with Gasteiger partial charge in [-0.1, -0.05) is 12.1 Å². The van der Waals surface area contributed by atoms with Gasteiger partial charge in [-0.15, -0.1) is 0 Å². The zero-order chi connectivity index (χ0) is 18.1. The lowest BCUT2D eigenvalue weighted by Gasteiger charge is -2.15. The molecule has 0 amide bonds. The van der Waals surface area contributed by atoms with Crippen LogP contribution in [0.2, 0.25) is 0 Å². The number of rotatable bonds is 10. The molecule has 0 unspecified atom stereocenters. The monoisotopic (exact) mass is 362 g/mol. The maximum Gasteiger partial charge on any atom is 0.310 e. The van der Waals surface area contributed by atoms with Crippen molar-refractivity contribution < 1.29 is 9.66 Å². The Morgan fingerprint density at radius 2 is 2.08 bits per heavy atom. The summed E-state index contributed by atoms with van der Waals surface area (Å²) in [5, 5.41) is 14.1. The first-order valence-corrected chi connectivity index (χ1v) is 8.75. The lowest BCUT2D eigenvalue weighted by Crippen LogP contribution is -2.15. The van der Waals surface area contributed by atoms with Gasteiger partial charge < -0.3 is 10.1 Å². The molecule has 0 aliphatic heterocycles. The van der Waals surface area contributed by atoms with Gasteiger partial charge in [0.05, 0.1) is 11.5 Å². The van der Waals surface area contributed by atoms with Gasteiger partial charge in [0.25, 0.3) is 0 Å². The van der Waals surface area contributed by atoms with E-state index in [4.69, 9.17) is 4.74 Å². The second-order valence-electron chi connectivity index (χ2n) is 5.29. The van der Waals surface area contributed by atoms with Gasteiger partial charge in [0.1, 0.15) is 11.9 Å². The molecule has 0 atom stereocenters. The first-order chi connectivity index (χ1) is 12.1. The summed E-state index contributed by atoms with van der Waals surface area (Å²) in [4.78, 5) is 15.5. The quantitative estimate of drug-likeness (QED) is 0.299. The molecular weight excluding hydrogens is 340 g/mol. The number of likely N-dealkylation sites (N-methyl/N-ethyl adjacent to an activating group) is 1. The number of nitrogens with one attached hydrogen (secondary N) is 1. The minimum absolute atomic E-state index is 0.0226. The van der Waals surface area contributed by atoms with Crippen molar-refractivity contribution in [1.82, 2.24) is 9.29 Å². The highest BCUT2D eigenvalue weighted by Crippen LogP contribution is 2.24. The van der Waals surface area contributed by atoms with Crippen molar-refractivity contribution >= 4 is 23.3 Å². The van der Waals surface area contributed by atoms with Crippen molar-refractivity contribution in [3.8, 4) is 0 Å². The zero-order valence-electron chi connectivity index (χ0n) is 14.3. The van der Waals surface area contributed by atoms with Crippen LogP contribution in [0.3, 0.4) is 0 Å². The summed E-state index contributed by atoms with van der Waals surface area (Å²) in [6.45, 7) is 4.80. The van der Waals surface area contributed by atoms with Gasteiger partial charge in [-0.2, -0.15) is 0 Å². The molecular formula is C17H22N4O3S. The third kappa shape index (κ3) is 6.33. The highest BCUT2D eigenvalue weighted by molar-refractivity contribution is 7.97. The fourth-order valence-electron chi connectivity index (χ4n) is 2.11. The Hall–Kier alpha value is -2.16. The number of ether oxygens (including phenoxy) is 1. The van der Waals surface area contributed by atoms with E-state index in [1.54, 1.807) is 18.0 Å². The summed E-state index contributed by atoms with van der Waals surface area (Å²) < 4.78 is 7.47. The first kappa shape index (κ1) is 19.2. The molecule has 7 nitrogen and oxygen atoms in total. The van der Waals surface area contributed by atoms with E-state index in [-0.39, 0.29) is 5.69 Å². The van der Waals surface area contributed by atoms with Gasteiger partial charge in [-0.05, 0) is 49.7 Å². The molecule has 0 radical (unpaired) electrons. The number of aromatic nitrogens is 1. The van der Waals surface area contributed by atoms with Crippen molar-refractivity contribution in [3.63, 3.8) is 0 Å². The Balaban J connectivity index is 1.87. The highest BCUT2D eigenvalue weighted by atomic mass is 32.2. The van der Waals surface area contributed by atoms with E-state index in [1.165, 1.54) is 12.4 Å². The van der Waals surface area contributed by atoms with Gasteiger partial charge in [0.15, 0.2) is 0 Å². The molecule has 1 N–H and O–H groups in total. The smallest absolute Gasteiger partial charge is 0.310 e. The van der Waals surface area contributed by atoms with E-state index in [2.05, 4.69) is 14.6 Å². The van der Waals surface area contributed by atoms with Gasteiger partial charge in [0, 0.05) is 30.8 Å². The largest absolute Gasteiger partial charge is 0.380 e. The fraction of sp³-hybridized carbons (Fsp3) is 0.353. The van der Waals surface area contributed by atoms with E-state index in [0.29, 0.717) is 18.8 Å². The fourth-order valence-corrected chi connectivity index (χ4v) is 2.89. The van der Waals surface area contributed by atoms with Crippen LogP contribution >= 0.6 is 11.9 Å². The third-order valence-electron chi connectivity index (χ3n) is 3.42. The molecule has 1 aromatic heterocycles. The maximum atomic E-state index is 11.0. The number of pyridine rings is 1. The molecule has 1 aromatic carbocycles. The molecule has 2 aromatic rings. The van der Waals surface area contributed by atoms with Crippen LogP contribution in [0, 0.1) is 10.1 Å². The van der Waals surface area contributed by atoms with Crippen LogP contribution in [-0.2, 0) is 11.3 Å². The summed E-state index contributed by atoms with van der Waals surface area (Å²) in [5.41, 5.74) is 1.49. The Bertz CT molecular complexity index is 682. The molecule has 0 spiro atoms. The summed E-state index contributed by atoms with van der Waals surface area (Å²) in [5.74, 6) is 0. The summed E-state index contributed by atoms with van der Waals surface area (Å²) in [7, 11) is 2.03. The minimum atomic E-state index is -0.437. The van der Waals surface area contributed by atoms with E-state index < -0.39 is 4.92 Å². The number of nitro groups is 1. The molecule has 0 aliphatic rings. The average Bonchev–Trinajstić information content (AvgIpc) is 2.61. The number of hydrogen-bond donors (Lipinski definition) is 1. The Labute approximate surface area is 151 Å². The van der Waals surface area contributed by atoms with E-state index in [0.717, 1.165) is 23.6 Å². The van der Waals surface area contributed by atoms with Crippen LogP contribution < -0.4 is 5.32 Å². The van der Waals surface area contributed by atoms with Crippen LogP contribution in [-0.4, -0.2) is 41.0 Å². The van der Waals surface area contributed by atoms with Crippen LogP contribution in [0.15, 0.2) is 47.6 Å². The normalized spacial score (nSPS) is 10.8.